The van der Waals surface area contributed by atoms with Crippen LogP contribution in [-0.2, 0) is 9.59 Å². The summed E-state index contributed by atoms with van der Waals surface area (Å²) in [5.41, 5.74) is 4.93. The minimum absolute atomic E-state index is 0.310. The number of ether oxygens (including phenoxy) is 2. The molecule has 0 aromatic heterocycles. The van der Waals surface area contributed by atoms with Crippen LogP contribution in [0, 0.1) is 0 Å². The molecular formula is C20H23N3O5. The van der Waals surface area contributed by atoms with Crippen molar-refractivity contribution >= 4 is 17.7 Å². The van der Waals surface area contributed by atoms with Crippen molar-refractivity contribution < 1.29 is 23.9 Å². The molecule has 0 spiro atoms. The van der Waals surface area contributed by atoms with Gasteiger partial charge in [-0.1, -0.05) is 30.3 Å². The lowest BCUT2D eigenvalue weighted by molar-refractivity contribution is -0.130. The van der Waals surface area contributed by atoms with Gasteiger partial charge in [0.2, 0.25) is 0 Å². The average Bonchev–Trinajstić information content (AvgIpc) is 2.72. The Balaban J connectivity index is 1.76. The molecule has 0 aliphatic heterocycles. The van der Waals surface area contributed by atoms with E-state index in [1.807, 2.05) is 6.92 Å². The van der Waals surface area contributed by atoms with E-state index in [0.29, 0.717) is 23.7 Å². The van der Waals surface area contributed by atoms with Crippen molar-refractivity contribution in [2.75, 3.05) is 13.2 Å². The van der Waals surface area contributed by atoms with E-state index in [0.717, 1.165) is 0 Å². The molecule has 0 saturated heterocycles. The maximum Gasteiger partial charge on any atom is 0.276 e. The van der Waals surface area contributed by atoms with Gasteiger partial charge in [0, 0.05) is 5.56 Å². The number of amides is 3. The van der Waals surface area contributed by atoms with Crippen LogP contribution in [0.3, 0.4) is 0 Å². The second kappa shape index (κ2) is 10.6. The van der Waals surface area contributed by atoms with E-state index in [1.165, 1.54) is 6.92 Å². The van der Waals surface area contributed by atoms with E-state index < -0.39 is 17.9 Å². The summed E-state index contributed by atoms with van der Waals surface area (Å²) in [6.07, 6.45) is 0. The van der Waals surface area contributed by atoms with Crippen LogP contribution in [0.15, 0.2) is 54.6 Å². The van der Waals surface area contributed by atoms with Crippen molar-refractivity contribution in [1.82, 2.24) is 16.2 Å². The van der Waals surface area contributed by atoms with Gasteiger partial charge in [0.1, 0.15) is 6.04 Å². The fourth-order valence-electron chi connectivity index (χ4n) is 2.20. The SMILES string of the molecule is CCOc1ccccc1OCC(=O)NNC(=O)C(C)NC(=O)c1ccccc1. The number of hydrogen-bond acceptors (Lipinski definition) is 5. The Kier molecular flexibility index (Phi) is 7.83. The fraction of sp³-hybridized carbons (Fsp3) is 0.250. The molecule has 2 rings (SSSR count). The molecule has 148 valence electrons. The highest BCUT2D eigenvalue weighted by atomic mass is 16.5. The quantitative estimate of drug-likeness (QED) is 0.596. The fourth-order valence-corrected chi connectivity index (χ4v) is 2.20. The first kappa shape index (κ1) is 20.8. The minimum Gasteiger partial charge on any atom is -0.490 e. The average molecular weight is 385 g/mol. The lowest BCUT2D eigenvalue weighted by atomic mass is 10.2. The molecule has 0 aliphatic rings. The third-order valence-electron chi connectivity index (χ3n) is 3.61. The zero-order chi connectivity index (χ0) is 20.4. The maximum atomic E-state index is 12.0. The van der Waals surface area contributed by atoms with E-state index in [9.17, 15) is 14.4 Å². The molecule has 3 amide bonds. The van der Waals surface area contributed by atoms with Gasteiger partial charge in [-0.2, -0.15) is 0 Å². The van der Waals surface area contributed by atoms with Crippen molar-refractivity contribution in [2.24, 2.45) is 0 Å². The Morgan fingerprint density at radius 1 is 0.893 bits per heavy atom. The van der Waals surface area contributed by atoms with Crippen molar-refractivity contribution in [3.63, 3.8) is 0 Å². The van der Waals surface area contributed by atoms with E-state index in [-0.39, 0.29) is 12.5 Å². The van der Waals surface area contributed by atoms with Gasteiger partial charge in [0.05, 0.1) is 6.61 Å². The van der Waals surface area contributed by atoms with Gasteiger partial charge >= 0.3 is 0 Å². The third kappa shape index (κ3) is 6.31. The summed E-state index contributed by atoms with van der Waals surface area (Å²) in [4.78, 5) is 35.9. The monoisotopic (exact) mass is 385 g/mol. The van der Waals surface area contributed by atoms with Crippen molar-refractivity contribution in [2.45, 2.75) is 19.9 Å². The van der Waals surface area contributed by atoms with Crippen LogP contribution in [0.5, 0.6) is 11.5 Å². The molecule has 0 fully saturated rings. The molecule has 8 heteroatoms. The summed E-state index contributed by atoms with van der Waals surface area (Å²) in [6.45, 7) is 3.51. The summed E-state index contributed by atoms with van der Waals surface area (Å²) in [5.74, 6) is -0.549. The van der Waals surface area contributed by atoms with Crippen molar-refractivity contribution in [3.05, 3.63) is 60.2 Å². The molecule has 0 bridgehead atoms. The molecule has 0 aliphatic carbocycles. The topological polar surface area (TPSA) is 106 Å². The van der Waals surface area contributed by atoms with E-state index in [4.69, 9.17) is 9.47 Å². The first-order valence-corrected chi connectivity index (χ1v) is 8.80. The Bertz CT molecular complexity index is 810. The molecule has 8 nitrogen and oxygen atoms in total. The third-order valence-corrected chi connectivity index (χ3v) is 3.61. The van der Waals surface area contributed by atoms with E-state index in [1.54, 1.807) is 54.6 Å². The first-order chi connectivity index (χ1) is 13.5. The lowest BCUT2D eigenvalue weighted by Crippen LogP contribution is -2.51. The van der Waals surface area contributed by atoms with E-state index >= 15 is 0 Å². The van der Waals surface area contributed by atoms with Gasteiger partial charge in [0.25, 0.3) is 17.7 Å². The Morgan fingerprint density at radius 2 is 1.50 bits per heavy atom. The molecule has 1 unspecified atom stereocenters. The maximum absolute atomic E-state index is 12.0. The standard InChI is InChI=1S/C20H23N3O5/c1-3-27-16-11-7-8-12-17(16)28-13-18(24)22-23-19(25)14(2)21-20(26)15-9-5-4-6-10-15/h4-12,14H,3,13H2,1-2H3,(H,21,26)(H,22,24)(H,23,25). The second-order valence-corrected chi connectivity index (χ2v) is 5.77. The van der Waals surface area contributed by atoms with Crippen molar-refractivity contribution in [3.8, 4) is 11.5 Å². The zero-order valence-electron chi connectivity index (χ0n) is 15.7. The van der Waals surface area contributed by atoms with Crippen LogP contribution < -0.4 is 25.6 Å². The highest BCUT2D eigenvalue weighted by Gasteiger charge is 2.17. The van der Waals surface area contributed by atoms with Crippen LogP contribution in [-0.4, -0.2) is 37.0 Å². The summed E-state index contributed by atoms with van der Waals surface area (Å²) in [7, 11) is 0. The number of para-hydroxylation sites is 2. The predicted octanol–water partition coefficient (Wildman–Crippen LogP) is 1.43. The molecular weight excluding hydrogens is 362 g/mol. The second-order valence-electron chi connectivity index (χ2n) is 5.77. The highest BCUT2D eigenvalue weighted by Crippen LogP contribution is 2.26. The van der Waals surface area contributed by atoms with Gasteiger partial charge < -0.3 is 14.8 Å². The first-order valence-electron chi connectivity index (χ1n) is 8.80. The van der Waals surface area contributed by atoms with Gasteiger partial charge in [-0.15, -0.1) is 0 Å². The summed E-state index contributed by atoms with van der Waals surface area (Å²) >= 11 is 0. The number of hydrazine groups is 1. The molecule has 0 radical (unpaired) electrons. The Hall–Kier alpha value is -3.55. The summed E-state index contributed by atoms with van der Waals surface area (Å²) in [5, 5.41) is 2.55. The number of carbonyl (C=O) groups excluding carboxylic acids is 3. The van der Waals surface area contributed by atoms with Crippen LogP contribution in [0.4, 0.5) is 0 Å². The van der Waals surface area contributed by atoms with Gasteiger partial charge in [0.15, 0.2) is 18.1 Å². The number of rotatable bonds is 8. The minimum atomic E-state index is -0.840. The van der Waals surface area contributed by atoms with Crippen molar-refractivity contribution in [1.29, 1.82) is 0 Å². The molecule has 3 N–H and O–H groups in total. The Labute approximate surface area is 163 Å². The lowest BCUT2D eigenvalue weighted by Gasteiger charge is -2.15. The van der Waals surface area contributed by atoms with Gasteiger partial charge in [-0.25, -0.2) is 0 Å². The largest absolute Gasteiger partial charge is 0.490 e. The molecule has 2 aromatic carbocycles. The smallest absolute Gasteiger partial charge is 0.276 e. The molecule has 0 saturated carbocycles. The predicted molar refractivity (Wildman–Crippen MR) is 103 cm³/mol. The normalized spacial score (nSPS) is 11.1. The van der Waals surface area contributed by atoms with Crippen LogP contribution >= 0.6 is 0 Å². The highest BCUT2D eigenvalue weighted by molar-refractivity contribution is 5.97. The number of benzene rings is 2. The molecule has 1 atom stereocenters. The summed E-state index contributed by atoms with van der Waals surface area (Å²) < 4.78 is 10.8. The molecule has 0 heterocycles. The van der Waals surface area contributed by atoms with Crippen LogP contribution in [0.2, 0.25) is 0 Å². The zero-order valence-corrected chi connectivity index (χ0v) is 15.7. The molecule has 28 heavy (non-hydrogen) atoms. The molecule has 2 aromatic rings. The van der Waals surface area contributed by atoms with Crippen LogP contribution in [0.25, 0.3) is 0 Å². The number of hydrogen-bond donors (Lipinski definition) is 3. The van der Waals surface area contributed by atoms with Gasteiger partial charge in [-0.3, -0.25) is 25.2 Å². The number of nitrogens with one attached hydrogen (secondary N) is 3. The number of carbonyl (C=O) groups is 3. The van der Waals surface area contributed by atoms with Crippen LogP contribution in [0.1, 0.15) is 24.2 Å². The van der Waals surface area contributed by atoms with Gasteiger partial charge in [-0.05, 0) is 38.1 Å². The van der Waals surface area contributed by atoms with E-state index in [2.05, 4.69) is 16.2 Å². The summed E-state index contributed by atoms with van der Waals surface area (Å²) in [6, 6.07) is 14.6. The Morgan fingerprint density at radius 3 is 2.14 bits per heavy atom.